The van der Waals surface area contributed by atoms with Gasteiger partial charge in [-0.2, -0.15) is 14.6 Å². The van der Waals surface area contributed by atoms with Crippen LogP contribution in [-0.4, -0.2) is 114 Å². The molecule has 0 spiro atoms. The maximum absolute atomic E-state index is 13.5. The minimum absolute atomic E-state index is 0.0474. The Balaban J connectivity index is 1.85. The summed E-state index contributed by atoms with van der Waals surface area (Å²) in [5.74, 6) is 0.785. The van der Waals surface area contributed by atoms with Gasteiger partial charge in [0.25, 0.3) is 0 Å². The molecule has 0 bridgehead atoms. The van der Waals surface area contributed by atoms with E-state index >= 15 is 0 Å². The minimum Gasteiger partial charge on any atom is -0.444 e. The van der Waals surface area contributed by atoms with Crippen LogP contribution in [0.15, 0.2) is 29.0 Å². The number of hydrogen-bond donors (Lipinski definition) is 1. The third-order valence-electron chi connectivity index (χ3n) is 10.0. The molecule has 358 valence electrons. The van der Waals surface area contributed by atoms with Gasteiger partial charge in [0.2, 0.25) is 0 Å². The van der Waals surface area contributed by atoms with E-state index in [0.717, 1.165) is 33.1 Å². The molecule has 0 radical (unpaired) electrons. The number of halogens is 1. The lowest BCUT2D eigenvalue weighted by Gasteiger charge is -2.43. The molecule has 1 unspecified atom stereocenters. The molecular formula is C45H75BrN8O8Si2. The van der Waals surface area contributed by atoms with Crippen LogP contribution in [0.4, 0.5) is 26.0 Å². The number of pyridine rings is 1. The predicted molar refractivity (Wildman–Crippen MR) is 261 cm³/mol. The summed E-state index contributed by atoms with van der Waals surface area (Å²) in [5, 5.41) is 5.86. The van der Waals surface area contributed by atoms with Crippen LogP contribution >= 0.6 is 15.9 Å². The average molecular weight is 992 g/mol. The van der Waals surface area contributed by atoms with E-state index in [1.165, 1.54) is 0 Å². The lowest BCUT2D eigenvalue weighted by Crippen LogP contribution is -2.51. The normalized spacial score (nSPS) is 17.6. The molecule has 1 fully saturated rings. The van der Waals surface area contributed by atoms with Crippen molar-refractivity contribution < 1.29 is 38.1 Å². The number of hydrogen-bond acceptors (Lipinski definition) is 12. The quantitative estimate of drug-likeness (QED) is 0.0536. The summed E-state index contributed by atoms with van der Waals surface area (Å²) in [6, 6.07) is 5.15. The molecule has 16 nitrogen and oxygen atoms in total. The first-order valence-electron chi connectivity index (χ1n) is 22.3. The van der Waals surface area contributed by atoms with Crippen molar-refractivity contribution in [2.45, 2.75) is 175 Å². The van der Waals surface area contributed by atoms with Gasteiger partial charge in [-0.05, 0) is 129 Å². The number of anilines is 2. The highest BCUT2D eigenvalue weighted by molar-refractivity contribution is 9.10. The number of ether oxygens (including phenoxy) is 5. The van der Waals surface area contributed by atoms with Gasteiger partial charge in [-0.1, -0.05) is 39.3 Å². The Hall–Kier alpha value is -3.79. The molecule has 0 aliphatic carbocycles. The van der Waals surface area contributed by atoms with Crippen molar-refractivity contribution in [3.05, 3.63) is 34.7 Å². The van der Waals surface area contributed by atoms with Crippen molar-refractivity contribution in [3.63, 3.8) is 0 Å². The zero-order valence-electron chi connectivity index (χ0n) is 41.5. The van der Waals surface area contributed by atoms with Crippen molar-refractivity contribution in [1.29, 1.82) is 0 Å². The molecular weight excluding hydrogens is 917 g/mol. The van der Waals surface area contributed by atoms with E-state index in [1.807, 2.05) is 25.7 Å². The molecule has 3 atom stereocenters. The first kappa shape index (κ1) is 52.8. The van der Waals surface area contributed by atoms with Crippen molar-refractivity contribution >= 4 is 67.6 Å². The van der Waals surface area contributed by atoms with Gasteiger partial charge >= 0.3 is 18.3 Å². The van der Waals surface area contributed by atoms with Crippen LogP contribution in [0.5, 0.6) is 0 Å². The molecule has 3 aromatic heterocycles. The number of carbonyl (C=O) groups excluding carboxylic acids is 3. The third-order valence-corrected chi connectivity index (χ3v) is 14.2. The zero-order valence-corrected chi connectivity index (χ0v) is 45.1. The van der Waals surface area contributed by atoms with Gasteiger partial charge in [0.1, 0.15) is 30.3 Å². The third kappa shape index (κ3) is 15.7. The van der Waals surface area contributed by atoms with Crippen LogP contribution in [0.3, 0.4) is 0 Å². The maximum atomic E-state index is 13.5. The van der Waals surface area contributed by atoms with Gasteiger partial charge in [0, 0.05) is 64.7 Å². The van der Waals surface area contributed by atoms with Crippen LogP contribution < -0.4 is 15.3 Å². The molecule has 3 amide bonds. The van der Waals surface area contributed by atoms with E-state index in [4.69, 9.17) is 33.8 Å². The van der Waals surface area contributed by atoms with Crippen LogP contribution in [0.2, 0.25) is 51.4 Å². The molecule has 1 aliphatic heterocycles. The first-order chi connectivity index (χ1) is 29.3. The second-order valence-corrected chi connectivity index (χ2v) is 34.3. The molecule has 4 heterocycles. The van der Waals surface area contributed by atoms with Crippen molar-refractivity contribution in [2.75, 3.05) is 36.6 Å². The van der Waals surface area contributed by atoms with Crippen molar-refractivity contribution in [2.24, 2.45) is 0 Å². The fraction of sp³-hybridized carbons (Fsp3) is 0.689. The van der Waals surface area contributed by atoms with Gasteiger partial charge < -0.3 is 33.5 Å². The highest BCUT2D eigenvalue weighted by Gasteiger charge is 2.39. The highest BCUT2D eigenvalue weighted by Crippen LogP contribution is 2.42. The van der Waals surface area contributed by atoms with Gasteiger partial charge in [0.15, 0.2) is 17.3 Å². The monoisotopic (exact) mass is 990 g/mol. The SMILES string of the molecule is C[C@@H]1CC(c2nc3c(-c4ccc(N(NC(=O)OC(C)(C)C)C(=O)OC(C)(C)C)nc4)cnn3c(N(COCC[Si](C)(C)C)COCC[Si](C)(C)C)c2Br)C[C@H](C)N1C(=O)OC(C)(C)C. The second kappa shape index (κ2) is 20.8. The van der Waals surface area contributed by atoms with Crippen LogP contribution in [-0.2, 0) is 23.7 Å². The van der Waals surface area contributed by atoms with E-state index in [9.17, 15) is 14.4 Å². The van der Waals surface area contributed by atoms with Crippen LogP contribution in [0.1, 0.15) is 101 Å². The Morgan fingerprint density at radius 1 is 0.797 bits per heavy atom. The summed E-state index contributed by atoms with van der Waals surface area (Å²) < 4.78 is 32.3. The summed E-state index contributed by atoms with van der Waals surface area (Å²) in [4.78, 5) is 53.7. The average Bonchev–Trinajstić information content (AvgIpc) is 3.53. The van der Waals surface area contributed by atoms with E-state index < -0.39 is 45.1 Å². The fourth-order valence-electron chi connectivity index (χ4n) is 7.04. The Bertz CT molecular complexity index is 2040. The van der Waals surface area contributed by atoms with Gasteiger partial charge in [-0.25, -0.2) is 29.8 Å². The van der Waals surface area contributed by atoms with E-state index in [1.54, 1.807) is 70.6 Å². The first-order valence-corrected chi connectivity index (χ1v) is 30.5. The molecule has 1 saturated heterocycles. The summed E-state index contributed by atoms with van der Waals surface area (Å²) in [6.45, 7) is 35.9. The van der Waals surface area contributed by atoms with E-state index in [0.29, 0.717) is 42.8 Å². The minimum atomic E-state index is -1.37. The topological polar surface area (TPSA) is 162 Å². The summed E-state index contributed by atoms with van der Waals surface area (Å²) in [6.07, 6.45) is 2.63. The number of nitrogens with zero attached hydrogens (tertiary/aromatic N) is 7. The predicted octanol–water partition coefficient (Wildman–Crippen LogP) is 11.1. The Morgan fingerprint density at radius 3 is 1.80 bits per heavy atom. The molecule has 0 saturated carbocycles. The van der Waals surface area contributed by atoms with Crippen LogP contribution in [0.25, 0.3) is 16.8 Å². The molecule has 4 rings (SSSR count). The molecule has 3 aromatic rings. The zero-order chi connectivity index (χ0) is 48.2. The number of nitrogens with one attached hydrogen (secondary N) is 1. The largest absolute Gasteiger partial charge is 0.444 e. The molecule has 64 heavy (non-hydrogen) atoms. The number of amides is 3. The second-order valence-electron chi connectivity index (χ2n) is 22.3. The molecule has 1 aliphatic rings. The van der Waals surface area contributed by atoms with Gasteiger partial charge in [0.05, 0.1) is 16.4 Å². The highest BCUT2D eigenvalue weighted by atomic mass is 79.9. The lowest BCUT2D eigenvalue weighted by molar-refractivity contribution is -0.00280. The van der Waals surface area contributed by atoms with Crippen molar-refractivity contribution in [1.82, 2.24) is 29.9 Å². The Kier molecular flexibility index (Phi) is 17.2. The number of fused-ring (bicyclic) bond motifs is 1. The summed E-state index contributed by atoms with van der Waals surface area (Å²) in [5.41, 5.74) is 2.95. The molecule has 19 heteroatoms. The number of likely N-dealkylation sites (tertiary alicyclic amines) is 1. The van der Waals surface area contributed by atoms with E-state index in [2.05, 4.69) is 84.4 Å². The number of aromatic nitrogens is 4. The molecule has 0 aromatic carbocycles. The summed E-state index contributed by atoms with van der Waals surface area (Å²) in [7, 11) is -2.75. The lowest BCUT2D eigenvalue weighted by atomic mass is 9.85. The number of piperidine rings is 1. The number of hydrazine groups is 1. The number of carbonyl (C=O) groups is 3. The maximum Gasteiger partial charge on any atom is 0.435 e. The Morgan fingerprint density at radius 2 is 1.33 bits per heavy atom. The Labute approximate surface area is 391 Å². The van der Waals surface area contributed by atoms with Crippen LogP contribution in [0, 0.1) is 0 Å². The number of rotatable bonds is 14. The van der Waals surface area contributed by atoms with Gasteiger partial charge in [-0.3, -0.25) is 0 Å². The fourth-order valence-corrected chi connectivity index (χ4v) is 9.39. The van der Waals surface area contributed by atoms with E-state index in [-0.39, 0.29) is 43.4 Å². The smallest absolute Gasteiger partial charge is 0.435 e. The van der Waals surface area contributed by atoms with Crippen molar-refractivity contribution in [3.8, 4) is 11.1 Å². The summed E-state index contributed by atoms with van der Waals surface area (Å²) >= 11 is 4.03. The van der Waals surface area contributed by atoms with Gasteiger partial charge in [-0.15, -0.1) is 0 Å². The molecule has 1 N–H and O–H groups in total. The standard InChI is InChI=1S/C45H75BrN8O8Si2/c1-30-24-33(25-31(2)52(30)41(56)61-44(6,7)8)37-36(46)39(51(28-58-20-22-63(12,13)14)29-59-21-23-64(15,16)17)54-38(49-37)34(27-48-54)32-18-19-35(47-26-32)53(42(57)62-45(9,10)11)50-40(55)60-43(3,4)5/h18-19,26-27,30-31,33H,20-25,28-29H2,1-17H3,(H,50,55)/t30-,31+,33?.